The second-order valence-corrected chi connectivity index (χ2v) is 8.82. The molecule has 3 aromatic rings. The van der Waals surface area contributed by atoms with E-state index in [2.05, 4.69) is 18.8 Å². The Morgan fingerprint density at radius 3 is 2.26 bits per heavy atom. The predicted octanol–water partition coefficient (Wildman–Crippen LogP) is 7.79. The largest absolute Gasteiger partial charge is 0.207 e. The van der Waals surface area contributed by atoms with Crippen LogP contribution in [0.3, 0.4) is 0 Å². The number of hydrogen-bond donors (Lipinski definition) is 0. The molecule has 0 N–H and O–H groups in total. The van der Waals surface area contributed by atoms with Crippen LogP contribution >= 0.6 is 0 Å². The summed E-state index contributed by atoms with van der Waals surface area (Å²) in [6.07, 6.45) is 4.94. The molecule has 176 valence electrons. The van der Waals surface area contributed by atoms with Crippen molar-refractivity contribution in [2.75, 3.05) is 0 Å². The van der Waals surface area contributed by atoms with E-state index in [0.29, 0.717) is 36.8 Å². The number of unbranched alkanes of at least 4 members (excludes halogenated alkanes) is 2. The Kier molecular flexibility index (Phi) is 7.36. The van der Waals surface area contributed by atoms with E-state index in [4.69, 9.17) is 0 Å². The first-order valence-corrected chi connectivity index (χ1v) is 11.6. The summed E-state index contributed by atoms with van der Waals surface area (Å²) in [6, 6.07) is 9.42. The zero-order valence-corrected chi connectivity index (χ0v) is 19.0. The zero-order valence-electron chi connectivity index (χ0n) is 19.0. The maximum Gasteiger partial charge on any atom is 0.174 e. The third kappa shape index (κ3) is 5.17. The van der Waals surface area contributed by atoms with Gasteiger partial charge in [0.15, 0.2) is 11.6 Å². The minimum Gasteiger partial charge on any atom is -0.207 e. The molecule has 1 unspecified atom stereocenters. The van der Waals surface area contributed by atoms with Gasteiger partial charge in [-0.15, -0.1) is 0 Å². The van der Waals surface area contributed by atoms with E-state index in [0.717, 1.165) is 30.9 Å². The number of hydrogen-bond acceptors (Lipinski definition) is 0. The minimum atomic E-state index is -1.07. The molecule has 1 aliphatic carbocycles. The molecule has 0 bridgehead atoms. The molecule has 0 fully saturated rings. The lowest BCUT2D eigenvalue weighted by molar-refractivity contribution is 0.487. The van der Waals surface area contributed by atoms with Gasteiger partial charge in [0.2, 0.25) is 0 Å². The molecule has 0 aliphatic heterocycles. The van der Waals surface area contributed by atoms with Crippen LogP contribution in [0.2, 0.25) is 0 Å². The van der Waals surface area contributed by atoms with Gasteiger partial charge in [0.25, 0.3) is 0 Å². The van der Waals surface area contributed by atoms with Crippen molar-refractivity contribution in [3.63, 3.8) is 0 Å². The summed E-state index contributed by atoms with van der Waals surface area (Å²) in [5, 5.41) is 0. The molecule has 0 nitrogen and oxygen atoms in total. The topological polar surface area (TPSA) is 0 Å². The highest BCUT2D eigenvalue weighted by Crippen LogP contribution is 2.36. The molecule has 0 radical (unpaired) electrons. The first-order valence-electron chi connectivity index (χ1n) is 11.6. The lowest BCUT2D eigenvalue weighted by Gasteiger charge is -2.26. The van der Waals surface area contributed by atoms with Crippen LogP contribution in [0.1, 0.15) is 71.9 Å². The van der Waals surface area contributed by atoms with Crippen LogP contribution in [-0.4, -0.2) is 0 Å². The Balaban J connectivity index is 1.56. The van der Waals surface area contributed by atoms with Gasteiger partial charge in [0.05, 0.1) is 11.1 Å². The monoisotopic (exact) mass is 468 g/mol. The fourth-order valence-corrected chi connectivity index (χ4v) is 4.61. The first kappa shape index (κ1) is 24.0. The second-order valence-electron chi connectivity index (χ2n) is 8.82. The summed E-state index contributed by atoms with van der Waals surface area (Å²) >= 11 is 0. The third-order valence-electron chi connectivity index (χ3n) is 6.42. The summed E-state index contributed by atoms with van der Waals surface area (Å²) in [5.41, 5.74) is 2.18. The Bertz CT molecular complexity index is 1240. The molecule has 1 aliphatic rings. The molecule has 0 saturated heterocycles. The van der Waals surface area contributed by atoms with Gasteiger partial charge in [0, 0.05) is 5.56 Å². The molecule has 34 heavy (non-hydrogen) atoms. The molecular weight excluding hydrogens is 443 g/mol. The number of halogens is 5. The SMILES string of the molecule is CCCCCc1cc(F)c(C2CCc3cc(C#Cc4cccc(F)c4F)c(F)cc3C2)c(F)c1. The molecule has 4 rings (SSSR count). The maximum atomic E-state index is 14.9. The van der Waals surface area contributed by atoms with Crippen molar-refractivity contribution in [2.24, 2.45) is 0 Å². The van der Waals surface area contributed by atoms with Crippen LogP contribution in [0.4, 0.5) is 22.0 Å². The van der Waals surface area contributed by atoms with Crippen molar-refractivity contribution >= 4 is 0 Å². The van der Waals surface area contributed by atoms with Gasteiger partial charge in [-0.25, -0.2) is 22.0 Å². The highest BCUT2D eigenvalue weighted by atomic mass is 19.2. The van der Waals surface area contributed by atoms with E-state index in [9.17, 15) is 22.0 Å². The smallest absolute Gasteiger partial charge is 0.174 e. The van der Waals surface area contributed by atoms with Crippen molar-refractivity contribution in [2.45, 2.75) is 57.8 Å². The van der Waals surface area contributed by atoms with Crippen LogP contribution in [0, 0.1) is 40.9 Å². The van der Waals surface area contributed by atoms with Crippen molar-refractivity contribution in [1.82, 2.24) is 0 Å². The zero-order chi connectivity index (χ0) is 24.2. The molecule has 0 saturated carbocycles. The summed E-state index contributed by atoms with van der Waals surface area (Å²) in [6.45, 7) is 2.08. The third-order valence-corrected chi connectivity index (χ3v) is 6.42. The molecule has 0 heterocycles. The van der Waals surface area contributed by atoms with Crippen LogP contribution in [-0.2, 0) is 19.3 Å². The molecule has 3 aromatic carbocycles. The number of fused-ring (bicyclic) bond motifs is 1. The summed E-state index contributed by atoms with van der Waals surface area (Å²) < 4.78 is 71.6. The normalized spacial score (nSPS) is 14.9. The standard InChI is InChI=1S/C29H25F5/c1-2-3-4-6-18-13-26(32)28(27(33)14-18)22-12-10-20-15-21(25(31)17-23(20)16-22)11-9-19-7-5-8-24(30)29(19)34/h5,7-8,13-15,17,22H,2-4,6,10,12,16H2,1H3. The number of benzene rings is 3. The Morgan fingerprint density at radius 1 is 0.794 bits per heavy atom. The van der Waals surface area contributed by atoms with Crippen molar-refractivity contribution < 1.29 is 22.0 Å². The van der Waals surface area contributed by atoms with Crippen molar-refractivity contribution in [1.29, 1.82) is 0 Å². The molecule has 5 heteroatoms. The van der Waals surface area contributed by atoms with Gasteiger partial charge >= 0.3 is 0 Å². The highest BCUT2D eigenvalue weighted by molar-refractivity contribution is 5.48. The van der Waals surface area contributed by atoms with Crippen molar-refractivity contribution in [3.05, 3.63) is 105 Å². The quantitative estimate of drug-likeness (QED) is 0.204. The molecule has 0 amide bonds. The summed E-state index contributed by atoms with van der Waals surface area (Å²) in [5.74, 6) is 0.917. The lowest BCUT2D eigenvalue weighted by atomic mass is 9.79. The first-order chi connectivity index (χ1) is 16.4. The summed E-state index contributed by atoms with van der Waals surface area (Å²) in [7, 11) is 0. The average Bonchev–Trinajstić information content (AvgIpc) is 2.80. The van der Waals surface area contributed by atoms with E-state index in [1.807, 2.05) is 0 Å². The predicted molar refractivity (Wildman–Crippen MR) is 123 cm³/mol. The van der Waals surface area contributed by atoms with E-state index >= 15 is 0 Å². The van der Waals surface area contributed by atoms with Gasteiger partial charge in [0.1, 0.15) is 17.5 Å². The Hall–Kier alpha value is -3.13. The van der Waals surface area contributed by atoms with Crippen LogP contribution in [0.15, 0.2) is 42.5 Å². The Labute approximate surface area is 196 Å². The molecular formula is C29H25F5. The van der Waals surface area contributed by atoms with E-state index < -0.39 is 29.1 Å². The fourth-order valence-electron chi connectivity index (χ4n) is 4.61. The molecule has 1 atom stereocenters. The van der Waals surface area contributed by atoms with Gasteiger partial charge in [-0.05, 0) is 91.1 Å². The van der Waals surface area contributed by atoms with E-state index in [1.165, 1.54) is 30.3 Å². The lowest BCUT2D eigenvalue weighted by Crippen LogP contribution is -2.16. The number of rotatable bonds is 5. The summed E-state index contributed by atoms with van der Waals surface area (Å²) in [4.78, 5) is 0. The van der Waals surface area contributed by atoms with Gasteiger partial charge < -0.3 is 0 Å². The van der Waals surface area contributed by atoms with Gasteiger partial charge in [-0.2, -0.15) is 0 Å². The molecule has 0 spiro atoms. The van der Waals surface area contributed by atoms with Crippen LogP contribution in [0.25, 0.3) is 0 Å². The molecule has 0 aromatic heterocycles. The number of aryl methyl sites for hydroxylation is 2. The fraction of sp³-hybridized carbons (Fsp3) is 0.310. The Morgan fingerprint density at radius 2 is 1.53 bits per heavy atom. The van der Waals surface area contributed by atoms with Crippen LogP contribution < -0.4 is 0 Å². The maximum absolute atomic E-state index is 14.9. The van der Waals surface area contributed by atoms with Crippen molar-refractivity contribution in [3.8, 4) is 11.8 Å². The van der Waals surface area contributed by atoms with E-state index in [-0.39, 0.29) is 22.6 Å². The van der Waals surface area contributed by atoms with Gasteiger partial charge in [-0.3, -0.25) is 0 Å². The minimum absolute atomic E-state index is 0.0655. The van der Waals surface area contributed by atoms with Crippen LogP contribution in [0.5, 0.6) is 0 Å². The highest BCUT2D eigenvalue weighted by Gasteiger charge is 2.27. The average molecular weight is 469 g/mol. The second kappa shape index (κ2) is 10.4. The van der Waals surface area contributed by atoms with Gasteiger partial charge in [-0.1, -0.05) is 37.7 Å². The van der Waals surface area contributed by atoms with E-state index in [1.54, 1.807) is 6.07 Å².